The number of hydrogen-bond acceptors (Lipinski definition) is 4. The molecule has 0 saturated carbocycles. The number of halogens is 3. The highest BCUT2D eigenvalue weighted by Crippen LogP contribution is 2.37. The van der Waals surface area contributed by atoms with Crippen LogP contribution in [0.1, 0.15) is 34.6 Å². The third-order valence-corrected chi connectivity index (χ3v) is 4.15. The summed E-state index contributed by atoms with van der Waals surface area (Å²) in [6.45, 7) is 3.68. The normalized spacial score (nSPS) is 10.5. The molecule has 144 valence electrons. The number of hydrazine groups is 1. The summed E-state index contributed by atoms with van der Waals surface area (Å²) in [6, 6.07) is 7.30. The van der Waals surface area contributed by atoms with E-state index in [1.807, 2.05) is 13.8 Å². The molecule has 2 aromatic carbocycles. The van der Waals surface area contributed by atoms with Crippen molar-refractivity contribution in [2.75, 3.05) is 7.11 Å². The predicted octanol–water partition coefficient (Wildman–Crippen LogP) is 4.52. The van der Waals surface area contributed by atoms with Gasteiger partial charge in [0.15, 0.2) is 11.5 Å². The highest BCUT2D eigenvalue weighted by Gasteiger charge is 2.18. The zero-order valence-corrected chi connectivity index (χ0v) is 17.0. The second-order valence-corrected chi connectivity index (χ2v) is 6.94. The average molecular weight is 432 g/mol. The zero-order valence-electron chi connectivity index (χ0n) is 14.7. The Morgan fingerprint density at radius 3 is 2.26 bits per heavy atom. The molecular weight excluding hydrogens is 415 g/mol. The van der Waals surface area contributed by atoms with Crippen molar-refractivity contribution in [2.24, 2.45) is 0 Å². The molecule has 9 heteroatoms. The van der Waals surface area contributed by atoms with Gasteiger partial charge in [0.2, 0.25) is 0 Å². The minimum Gasteiger partial charge on any atom is -0.493 e. The van der Waals surface area contributed by atoms with Gasteiger partial charge in [-0.05, 0) is 44.2 Å². The van der Waals surface area contributed by atoms with Gasteiger partial charge < -0.3 is 9.47 Å². The zero-order chi connectivity index (χ0) is 20.1. The van der Waals surface area contributed by atoms with Crippen LogP contribution >= 0.6 is 34.8 Å². The van der Waals surface area contributed by atoms with Gasteiger partial charge in [-0.3, -0.25) is 20.4 Å². The number of carbonyl (C=O) groups excluding carboxylic acids is 2. The maximum Gasteiger partial charge on any atom is 0.271 e. The van der Waals surface area contributed by atoms with Crippen molar-refractivity contribution in [2.45, 2.75) is 20.0 Å². The lowest BCUT2D eigenvalue weighted by Gasteiger charge is -2.16. The minimum atomic E-state index is -0.617. The summed E-state index contributed by atoms with van der Waals surface area (Å²) in [5.74, 6) is -0.586. The Balaban J connectivity index is 2.15. The summed E-state index contributed by atoms with van der Waals surface area (Å²) in [5, 5.41) is 0.747. The fraction of sp³-hybridized carbons (Fsp3) is 0.222. The highest BCUT2D eigenvalue weighted by molar-refractivity contribution is 6.35. The van der Waals surface area contributed by atoms with Crippen LogP contribution in [0.3, 0.4) is 0 Å². The van der Waals surface area contributed by atoms with E-state index in [2.05, 4.69) is 10.9 Å². The second-order valence-electron chi connectivity index (χ2n) is 5.69. The maximum absolute atomic E-state index is 12.3. The average Bonchev–Trinajstić information content (AvgIpc) is 2.62. The molecule has 0 heterocycles. The van der Waals surface area contributed by atoms with Crippen LogP contribution in [0.4, 0.5) is 0 Å². The molecule has 0 spiro atoms. The molecule has 0 radical (unpaired) electrons. The molecule has 0 aliphatic rings. The lowest BCUT2D eigenvalue weighted by molar-refractivity contribution is 0.0846. The SMILES string of the molecule is COc1cc(C(=O)NNC(=O)c2cc(Cl)ccc2Cl)cc(Cl)c1OC(C)C. The Hall–Kier alpha value is -2.15. The van der Waals surface area contributed by atoms with Gasteiger partial charge in [0.25, 0.3) is 11.8 Å². The predicted molar refractivity (Wildman–Crippen MR) is 105 cm³/mol. The monoisotopic (exact) mass is 430 g/mol. The molecule has 0 fully saturated rings. The smallest absolute Gasteiger partial charge is 0.271 e. The molecule has 0 bridgehead atoms. The van der Waals surface area contributed by atoms with E-state index in [1.54, 1.807) is 6.07 Å². The third-order valence-electron chi connectivity index (χ3n) is 3.31. The van der Waals surface area contributed by atoms with E-state index in [4.69, 9.17) is 44.3 Å². The van der Waals surface area contributed by atoms with E-state index >= 15 is 0 Å². The summed E-state index contributed by atoms with van der Waals surface area (Å²) in [5.41, 5.74) is 4.86. The highest BCUT2D eigenvalue weighted by atomic mass is 35.5. The summed E-state index contributed by atoms with van der Waals surface area (Å²) in [4.78, 5) is 24.5. The van der Waals surface area contributed by atoms with Gasteiger partial charge in [0, 0.05) is 10.6 Å². The number of methoxy groups -OCH3 is 1. The minimum absolute atomic E-state index is 0.126. The van der Waals surface area contributed by atoms with Crippen molar-refractivity contribution in [1.82, 2.24) is 10.9 Å². The molecule has 2 amide bonds. The molecule has 0 unspecified atom stereocenters. The Labute approximate surface area is 171 Å². The molecule has 27 heavy (non-hydrogen) atoms. The first-order valence-corrected chi connectivity index (χ1v) is 8.96. The van der Waals surface area contributed by atoms with Crippen molar-refractivity contribution < 1.29 is 19.1 Å². The van der Waals surface area contributed by atoms with Crippen LogP contribution in [0.15, 0.2) is 30.3 Å². The first-order chi connectivity index (χ1) is 12.7. The first kappa shape index (κ1) is 21.2. The van der Waals surface area contributed by atoms with Gasteiger partial charge in [0.05, 0.1) is 28.8 Å². The standard InChI is InChI=1S/C18H17Cl3N2O4/c1-9(2)27-16-14(21)6-10(7-15(16)26-3)17(24)22-23-18(25)12-8-11(19)4-5-13(12)20/h4-9H,1-3H3,(H,22,24)(H,23,25). The van der Waals surface area contributed by atoms with Gasteiger partial charge in [-0.1, -0.05) is 34.8 Å². The van der Waals surface area contributed by atoms with Crippen LogP contribution in [0.5, 0.6) is 11.5 Å². The van der Waals surface area contributed by atoms with E-state index in [1.165, 1.54) is 31.4 Å². The van der Waals surface area contributed by atoms with Crippen LogP contribution in [0, 0.1) is 0 Å². The molecule has 6 nitrogen and oxygen atoms in total. The lowest BCUT2D eigenvalue weighted by atomic mass is 10.2. The van der Waals surface area contributed by atoms with E-state index in [0.29, 0.717) is 16.5 Å². The molecular formula is C18H17Cl3N2O4. The summed E-state index contributed by atoms with van der Waals surface area (Å²) in [6.07, 6.45) is -0.127. The summed E-state index contributed by atoms with van der Waals surface area (Å²) >= 11 is 18.0. The van der Waals surface area contributed by atoms with Gasteiger partial charge in [-0.25, -0.2) is 0 Å². The van der Waals surface area contributed by atoms with E-state index in [-0.39, 0.29) is 27.3 Å². The van der Waals surface area contributed by atoms with Crippen molar-refractivity contribution in [3.05, 3.63) is 56.5 Å². The van der Waals surface area contributed by atoms with Crippen LogP contribution in [-0.2, 0) is 0 Å². The number of carbonyl (C=O) groups is 2. The van der Waals surface area contributed by atoms with Crippen molar-refractivity contribution >= 4 is 46.6 Å². The van der Waals surface area contributed by atoms with E-state index < -0.39 is 11.8 Å². The van der Waals surface area contributed by atoms with Crippen molar-refractivity contribution in [3.8, 4) is 11.5 Å². The molecule has 0 saturated heterocycles. The van der Waals surface area contributed by atoms with Gasteiger partial charge in [0.1, 0.15) is 0 Å². The second kappa shape index (κ2) is 9.17. The fourth-order valence-corrected chi connectivity index (χ4v) is 2.76. The molecule has 0 aliphatic heterocycles. The molecule has 0 aromatic heterocycles. The van der Waals surface area contributed by atoms with Crippen LogP contribution < -0.4 is 20.3 Å². The van der Waals surface area contributed by atoms with Crippen molar-refractivity contribution in [1.29, 1.82) is 0 Å². The first-order valence-electron chi connectivity index (χ1n) is 7.82. The maximum atomic E-state index is 12.3. The third kappa shape index (κ3) is 5.42. The molecule has 2 rings (SSSR count). The Morgan fingerprint density at radius 1 is 0.963 bits per heavy atom. The largest absolute Gasteiger partial charge is 0.493 e. The van der Waals surface area contributed by atoms with Gasteiger partial charge in [-0.15, -0.1) is 0 Å². The summed E-state index contributed by atoms with van der Waals surface area (Å²) < 4.78 is 10.8. The number of benzene rings is 2. The van der Waals surface area contributed by atoms with Crippen LogP contribution in [-0.4, -0.2) is 25.0 Å². The number of nitrogens with one attached hydrogen (secondary N) is 2. The fourth-order valence-electron chi connectivity index (χ4n) is 2.13. The van der Waals surface area contributed by atoms with Gasteiger partial charge >= 0.3 is 0 Å². The topological polar surface area (TPSA) is 76.7 Å². The number of rotatable bonds is 5. The number of amides is 2. The molecule has 2 aromatic rings. The van der Waals surface area contributed by atoms with E-state index in [0.717, 1.165) is 0 Å². The number of hydrogen-bond donors (Lipinski definition) is 2. The lowest BCUT2D eigenvalue weighted by Crippen LogP contribution is -2.41. The molecule has 0 atom stereocenters. The Morgan fingerprint density at radius 2 is 1.63 bits per heavy atom. The molecule has 0 aliphatic carbocycles. The van der Waals surface area contributed by atoms with Crippen molar-refractivity contribution in [3.63, 3.8) is 0 Å². The number of ether oxygens (including phenoxy) is 2. The Kier molecular flexibility index (Phi) is 7.18. The molecule has 2 N–H and O–H groups in total. The van der Waals surface area contributed by atoms with Crippen LogP contribution in [0.2, 0.25) is 15.1 Å². The van der Waals surface area contributed by atoms with Crippen LogP contribution in [0.25, 0.3) is 0 Å². The summed E-state index contributed by atoms with van der Waals surface area (Å²) in [7, 11) is 1.43. The Bertz CT molecular complexity index is 872. The quantitative estimate of drug-likeness (QED) is 0.683. The van der Waals surface area contributed by atoms with E-state index in [9.17, 15) is 9.59 Å². The van der Waals surface area contributed by atoms with Gasteiger partial charge in [-0.2, -0.15) is 0 Å².